The summed E-state index contributed by atoms with van der Waals surface area (Å²) in [5, 5.41) is 3.14. The van der Waals surface area contributed by atoms with Crippen LogP contribution in [0.3, 0.4) is 0 Å². The number of rotatable bonds is 7. The maximum absolute atomic E-state index is 15.8. The molecule has 1 saturated heterocycles. The number of nitrogens with zero attached hydrogens (tertiary/aromatic N) is 5. The van der Waals surface area contributed by atoms with Crippen molar-refractivity contribution in [2.75, 3.05) is 42.9 Å². The second-order valence-corrected chi connectivity index (χ2v) is 10.8. The van der Waals surface area contributed by atoms with Gasteiger partial charge in [0, 0.05) is 44.2 Å². The van der Waals surface area contributed by atoms with Gasteiger partial charge in [-0.2, -0.15) is 0 Å². The molecule has 2 aromatic rings. The van der Waals surface area contributed by atoms with Gasteiger partial charge in [-0.3, -0.25) is 9.88 Å². The number of pyridine rings is 1. The maximum atomic E-state index is 15.8. The zero-order valence-corrected chi connectivity index (χ0v) is 19.0. The van der Waals surface area contributed by atoms with E-state index in [9.17, 15) is 0 Å². The van der Waals surface area contributed by atoms with E-state index < -0.39 is 0 Å². The fourth-order valence-corrected chi connectivity index (χ4v) is 5.48. The summed E-state index contributed by atoms with van der Waals surface area (Å²) in [6.45, 7) is 5.17. The molecule has 6 nitrogen and oxygen atoms in total. The number of fused-ring (bicyclic) bond motifs is 1. The van der Waals surface area contributed by atoms with Crippen molar-refractivity contribution >= 4 is 23.0 Å². The molecule has 2 unspecified atom stereocenters. The Hall–Kier alpha value is -2.54. The molecule has 3 saturated carbocycles. The molecule has 4 fully saturated rings. The second kappa shape index (κ2) is 7.76. The number of aromatic nitrogens is 3. The molecule has 172 valence electrons. The van der Waals surface area contributed by atoms with Crippen molar-refractivity contribution in [3.8, 4) is 0 Å². The van der Waals surface area contributed by atoms with Crippen LogP contribution in [0.2, 0.25) is 0 Å². The Bertz CT molecular complexity index is 1080. The van der Waals surface area contributed by atoms with Crippen LogP contribution in [-0.4, -0.2) is 52.6 Å². The second-order valence-electron chi connectivity index (χ2n) is 10.8. The maximum Gasteiger partial charge on any atom is 0.173 e. The number of piperidine rings is 1. The Balaban J connectivity index is 1.18. The van der Waals surface area contributed by atoms with Crippen LogP contribution < -0.4 is 10.2 Å². The van der Waals surface area contributed by atoms with Crippen LogP contribution in [0, 0.1) is 23.6 Å². The highest BCUT2D eigenvalue weighted by molar-refractivity contribution is 5.73. The van der Waals surface area contributed by atoms with E-state index in [-0.39, 0.29) is 11.6 Å². The van der Waals surface area contributed by atoms with Gasteiger partial charge in [-0.05, 0) is 67.9 Å². The monoisotopic (exact) mass is 446 g/mol. The van der Waals surface area contributed by atoms with Crippen molar-refractivity contribution in [1.82, 2.24) is 19.9 Å². The molecule has 5 aliphatic rings. The van der Waals surface area contributed by atoms with Gasteiger partial charge in [0.2, 0.25) is 0 Å². The van der Waals surface area contributed by atoms with Crippen molar-refractivity contribution in [2.24, 2.45) is 17.8 Å². The number of hydrogen-bond acceptors (Lipinski definition) is 6. The highest BCUT2D eigenvalue weighted by atomic mass is 19.1. The van der Waals surface area contributed by atoms with E-state index in [0.29, 0.717) is 17.3 Å². The summed E-state index contributed by atoms with van der Waals surface area (Å²) in [6.07, 6.45) is 13.1. The first kappa shape index (κ1) is 19.9. The Kier molecular flexibility index (Phi) is 4.68. The van der Waals surface area contributed by atoms with Crippen LogP contribution in [0.15, 0.2) is 24.5 Å². The van der Waals surface area contributed by atoms with Gasteiger partial charge in [0.05, 0.1) is 18.1 Å². The van der Waals surface area contributed by atoms with Gasteiger partial charge in [-0.25, -0.2) is 14.4 Å². The lowest BCUT2D eigenvalue weighted by Crippen LogP contribution is -2.30. The zero-order chi connectivity index (χ0) is 21.9. The first-order valence-corrected chi connectivity index (χ1v) is 12.7. The highest BCUT2D eigenvalue weighted by Gasteiger charge is 2.45. The van der Waals surface area contributed by atoms with E-state index >= 15 is 4.39 Å². The smallest absolute Gasteiger partial charge is 0.173 e. The third kappa shape index (κ3) is 4.12. The molecular formula is C26H31FN6. The lowest BCUT2D eigenvalue weighted by atomic mass is 9.99. The molecule has 7 rings (SSSR count). The first-order valence-electron chi connectivity index (χ1n) is 12.7. The van der Waals surface area contributed by atoms with Gasteiger partial charge in [0.15, 0.2) is 11.6 Å². The van der Waals surface area contributed by atoms with Gasteiger partial charge >= 0.3 is 0 Å². The summed E-state index contributed by atoms with van der Waals surface area (Å²) >= 11 is 0. The standard InChI is InChI=1S/C26H31FN6/c27-25-21(17-5-7-32(8-6-17)13-16-1-2-16)10-24(33-14-19-9-20(19)15-33)31-26(25)30-23-12-28-22(11-29-23)18-3-4-18/h5,10-12,16,18-20H,1-4,6-9,13-15H2,(H,29,30,31). The molecule has 0 bridgehead atoms. The predicted octanol–water partition coefficient (Wildman–Crippen LogP) is 4.59. The SMILES string of the molecule is Fc1c(C2=CCN(CC3CC3)CC2)cc(N2CC3CC3C2)nc1Nc1cnc(C2CC2)cn1. The minimum Gasteiger partial charge on any atom is -0.356 e. The van der Waals surface area contributed by atoms with Crippen LogP contribution in [0.4, 0.5) is 21.8 Å². The van der Waals surface area contributed by atoms with Crippen LogP contribution in [0.25, 0.3) is 5.57 Å². The van der Waals surface area contributed by atoms with E-state index in [2.05, 4.69) is 31.2 Å². The summed E-state index contributed by atoms with van der Waals surface area (Å²) < 4.78 is 15.8. The molecule has 1 N–H and O–H groups in total. The molecule has 33 heavy (non-hydrogen) atoms. The quantitative estimate of drug-likeness (QED) is 0.672. The van der Waals surface area contributed by atoms with Crippen molar-refractivity contribution < 1.29 is 4.39 Å². The molecule has 2 atom stereocenters. The normalized spacial score (nSPS) is 26.8. The van der Waals surface area contributed by atoms with Crippen LogP contribution >= 0.6 is 0 Å². The molecule has 2 aliphatic heterocycles. The van der Waals surface area contributed by atoms with Gasteiger partial charge in [-0.1, -0.05) is 6.08 Å². The third-order valence-electron chi connectivity index (χ3n) is 8.01. The molecule has 0 radical (unpaired) electrons. The third-order valence-corrected chi connectivity index (χ3v) is 8.01. The minimum atomic E-state index is -0.280. The van der Waals surface area contributed by atoms with Crippen molar-refractivity contribution in [1.29, 1.82) is 0 Å². The van der Waals surface area contributed by atoms with Gasteiger partial charge < -0.3 is 10.2 Å². The zero-order valence-electron chi connectivity index (χ0n) is 19.0. The minimum absolute atomic E-state index is 0.262. The van der Waals surface area contributed by atoms with Gasteiger partial charge in [0.25, 0.3) is 0 Å². The Morgan fingerprint density at radius 1 is 1.06 bits per heavy atom. The summed E-state index contributed by atoms with van der Waals surface area (Å²) in [5.41, 5.74) is 2.82. The Labute approximate surface area is 194 Å². The van der Waals surface area contributed by atoms with E-state index in [0.717, 1.165) is 67.4 Å². The van der Waals surface area contributed by atoms with Crippen molar-refractivity contribution in [3.63, 3.8) is 0 Å². The van der Waals surface area contributed by atoms with E-state index in [1.807, 2.05) is 12.3 Å². The lowest BCUT2D eigenvalue weighted by molar-refractivity contribution is 0.289. The number of hydrogen-bond donors (Lipinski definition) is 1. The molecule has 2 aromatic heterocycles. The Morgan fingerprint density at radius 3 is 2.58 bits per heavy atom. The van der Waals surface area contributed by atoms with Crippen LogP contribution in [-0.2, 0) is 0 Å². The van der Waals surface area contributed by atoms with E-state index in [4.69, 9.17) is 4.98 Å². The average molecular weight is 447 g/mol. The molecule has 7 heteroatoms. The van der Waals surface area contributed by atoms with Gasteiger partial charge in [-0.15, -0.1) is 0 Å². The fourth-order valence-electron chi connectivity index (χ4n) is 5.48. The number of halogens is 1. The summed E-state index contributed by atoms with van der Waals surface area (Å²) in [6, 6.07) is 1.98. The number of nitrogens with one attached hydrogen (secondary N) is 1. The number of anilines is 3. The van der Waals surface area contributed by atoms with Gasteiger partial charge in [0.1, 0.15) is 11.6 Å². The molecule has 0 spiro atoms. The average Bonchev–Trinajstić information content (AvgIpc) is 3.73. The van der Waals surface area contributed by atoms with Crippen molar-refractivity contribution in [2.45, 2.75) is 44.4 Å². The van der Waals surface area contributed by atoms with Crippen LogP contribution in [0.5, 0.6) is 0 Å². The predicted molar refractivity (Wildman–Crippen MR) is 127 cm³/mol. The Morgan fingerprint density at radius 2 is 1.91 bits per heavy atom. The largest absolute Gasteiger partial charge is 0.356 e. The summed E-state index contributed by atoms with van der Waals surface area (Å²) in [7, 11) is 0. The summed E-state index contributed by atoms with van der Waals surface area (Å²) in [5.74, 6) is 4.43. The van der Waals surface area contributed by atoms with Crippen molar-refractivity contribution in [3.05, 3.63) is 41.6 Å². The first-order chi connectivity index (χ1) is 16.2. The molecule has 3 aliphatic carbocycles. The summed E-state index contributed by atoms with van der Waals surface area (Å²) in [4.78, 5) is 18.6. The molecular weight excluding hydrogens is 415 g/mol. The highest BCUT2D eigenvalue weighted by Crippen LogP contribution is 2.46. The molecule has 0 amide bonds. The molecule has 0 aromatic carbocycles. The van der Waals surface area contributed by atoms with E-state index in [1.54, 1.807) is 6.20 Å². The molecule has 4 heterocycles. The van der Waals surface area contributed by atoms with Crippen LogP contribution in [0.1, 0.15) is 55.7 Å². The lowest BCUT2D eigenvalue weighted by Gasteiger charge is -2.27. The van der Waals surface area contributed by atoms with E-state index in [1.165, 1.54) is 38.6 Å². The topological polar surface area (TPSA) is 57.2 Å². The fraction of sp³-hybridized carbons (Fsp3) is 0.577.